The molecule has 724 valence electrons. The van der Waals surface area contributed by atoms with E-state index in [-0.39, 0.29) is 79.2 Å². The highest BCUT2D eigenvalue weighted by Crippen LogP contribution is 2.51. The lowest BCUT2D eigenvalue weighted by molar-refractivity contribution is 0.105. The van der Waals surface area contributed by atoms with Gasteiger partial charge >= 0.3 is 0 Å². The minimum Gasteiger partial charge on any atom is -0.508 e. The fraction of sp³-hybridized carbons (Fsp3) is 0.280. The molecule has 5 atom stereocenters. The Balaban J connectivity index is 0.000000112. The highest BCUT2D eigenvalue weighted by atomic mass is 35.5. The molecule has 8 N–H and O–H groups in total. The highest BCUT2D eigenvalue weighted by Gasteiger charge is 2.38. The third-order valence-corrected chi connectivity index (χ3v) is 31.8. The Morgan fingerprint density at radius 2 is 0.914 bits per heavy atom. The van der Waals surface area contributed by atoms with Crippen molar-refractivity contribution in [3.63, 3.8) is 0 Å². The molecule has 10 aromatic carbocycles. The van der Waals surface area contributed by atoms with Gasteiger partial charge in [0.1, 0.15) is 82.5 Å². The van der Waals surface area contributed by atoms with Crippen molar-refractivity contribution in [2.45, 2.75) is 83.7 Å². The van der Waals surface area contributed by atoms with Gasteiger partial charge in [-0.1, -0.05) is 137 Å². The Hall–Kier alpha value is -10.8. The van der Waals surface area contributed by atoms with E-state index in [1.165, 1.54) is 86.8 Å². The monoisotopic (exact) mass is 2090 g/mol. The van der Waals surface area contributed by atoms with Crippen LogP contribution in [0.2, 0.25) is 25.1 Å². The molecule has 0 spiro atoms. The van der Waals surface area contributed by atoms with Gasteiger partial charge in [0.05, 0.1) is 72.1 Å². The second-order valence-electron chi connectivity index (χ2n) is 34.7. The minimum atomic E-state index is -2.60. The van der Waals surface area contributed by atoms with Crippen molar-refractivity contribution in [2.24, 2.45) is 10.7 Å². The van der Waals surface area contributed by atoms with Crippen LogP contribution in [-0.4, -0.2) is 190 Å². The van der Waals surface area contributed by atoms with E-state index in [9.17, 15) is 36.6 Å². The van der Waals surface area contributed by atoms with Crippen molar-refractivity contribution in [3.05, 3.63) is 228 Å². The summed E-state index contributed by atoms with van der Waals surface area (Å²) >= 11 is 38.8. The van der Waals surface area contributed by atoms with E-state index in [2.05, 4.69) is 125 Å². The molecule has 5 saturated heterocycles. The number of halogens is 14. The Kier molecular flexibility index (Phi) is 29.1. The number of nitrogens with two attached hydrogens (primary N) is 1. The van der Waals surface area contributed by atoms with Gasteiger partial charge in [-0.15, -0.1) is 0 Å². The Labute approximate surface area is 843 Å². The number of aryl methyl sites for hydroxylation is 2. The molecule has 0 aliphatic carbocycles. The summed E-state index contributed by atoms with van der Waals surface area (Å²) in [6.07, 6.45) is -2.47. The predicted molar refractivity (Wildman–Crippen MR) is 556 cm³/mol. The van der Waals surface area contributed by atoms with Gasteiger partial charge in [-0.05, 0) is 214 Å². The number of pyridine rings is 2. The largest absolute Gasteiger partial charge is 0.508 e. The third kappa shape index (κ3) is 19.0. The zero-order chi connectivity index (χ0) is 97.9. The average Bonchev–Trinajstić information content (AvgIpc) is 1.67. The van der Waals surface area contributed by atoms with Gasteiger partial charge in [-0.25, -0.2) is 49.5 Å². The molecule has 17 aromatic rings. The zero-order valence-electron chi connectivity index (χ0n) is 75.4. The van der Waals surface area contributed by atoms with Gasteiger partial charge in [0.15, 0.2) is 28.7 Å². The van der Waals surface area contributed by atoms with Crippen LogP contribution >= 0.6 is 116 Å². The van der Waals surface area contributed by atoms with Gasteiger partial charge in [-0.3, -0.25) is 4.99 Å². The molecule has 4 unspecified atom stereocenters. The lowest BCUT2D eigenvalue weighted by Gasteiger charge is -2.36. The van der Waals surface area contributed by atoms with Gasteiger partial charge in [0.2, 0.25) is 0 Å². The van der Waals surface area contributed by atoms with E-state index in [4.69, 9.17) is 73.5 Å². The van der Waals surface area contributed by atoms with Crippen LogP contribution in [-0.2, 0) is 6.54 Å². The van der Waals surface area contributed by atoms with E-state index in [1.54, 1.807) is 47.5 Å². The van der Waals surface area contributed by atoms with Crippen LogP contribution in [0.25, 0.3) is 132 Å². The maximum Gasteiger partial charge on any atom is 0.259 e. The van der Waals surface area contributed by atoms with E-state index in [0.29, 0.717) is 114 Å². The summed E-state index contributed by atoms with van der Waals surface area (Å²) in [6.45, 7) is 18.3. The molecule has 6 aliphatic heterocycles. The molecule has 140 heavy (non-hydrogen) atoms. The van der Waals surface area contributed by atoms with Crippen molar-refractivity contribution in [1.82, 2.24) is 53.1 Å². The number of phenolic OH excluding ortho intramolecular Hbond substituents is 2. The first kappa shape index (κ1) is 98.0. The second kappa shape index (κ2) is 41.6. The normalized spacial score (nSPS) is 17.7. The van der Waals surface area contributed by atoms with Crippen LogP contribution in [0.3, 0.4) is 0 Å². The summed E-state index contributed by atoms with van der Waals surface area (Å²) in [7, 11) is 1.50. The van der Waals surface area contributed by atoms with Crippen molar-refractivity contribution in [2.75, 3.05) is 123 Å². The Morgan fingerprint density at radius 3 is 1.46 bits per heavy atom. The first-order chi connectivity index (χ1) is 67.6. The molecule has 40 heteroatoms. The number of anilines is 5. The number of hydrogen-bond acceptors (Lipinski definition) is 26. The Bertz CT molecular complexity index is 7630. The molecule has 13 heterocycles. The average molecular weight is 2100 g/mol. The number of methoxy groups -OCH3 is 1. The van der Waals surface area contributed by atoms with Crippen molar-refractivity contribution in [3.8, 4) is 73.1 Å². The van der Waals surface area contributed by atoms with Crippen LogP contribution in [0.15, 0.2) is 157 Å². The summed E-state index contributed by atoms with van der Waals surface area (Å²) in [6, 6.07) is 43.1. The molecule has 0 amide bonds. The molecular formula is C100H88Cl5F9N18O3S5. The van der Waals surface area contributed by atoms with Crippen LogP contribution < -0.4 is 56.2 Å². The topological polar surface area (TPSA) is 243 Å². The lowest BCUT2D eigenvalue weighted by atomic mass is 9.91. The van der Waals surface area contributed by atoms with Crippen LogP contribution in [0.4, 0.5) is 64.5 Å². The standard InChI is InChI=1S/C22H21ClN4S.C21H18ClF3N4S.C21H17ClFN3OS.C18H14ClF4N3OS.C18H18ClFN4OS/c1-13-9-15-5-3-4-6-16(15)17(10-13)20-19(23)11-18-21(25-20)26-28-22(18)27-8-7-24-12-14(27)2;1-10-2-3-11-7-27-8-13(11)16(10)17-14(22)6-12-19(18(17)23)28-30-21(12)29-5-4-26-9-15(29)20(24)25;22-17-9-16-20(25-28-21(16)26-6-5-12(24)10-26)19(23)18(17)15-8-13(27)7-11-3-1-2-4-14(11)15;19-9-6-8-16(15(21)13(9)14-10(20)2-1-3-12(14)27)25-28-18(8)26-5-4-24-7-11(26)17(22)23;1-10-9-21-6-7-24(10)18-11-8-12(19)16(22-17(11)23-26-18)15-13(20)4-3-5-14(15)25-2/h3-6,9-11,14,24H,7-8,12H2,1-2H3;2-3,6,8,15,20,26H,4-5,7,9H2,1H3;1-4,7-9,12,27H,5-6,10,24H2;1-3,6,11,17,24,27H,4-5,7H2;3-5,8,10,21H,6-7,9H2,1-2H3/t;;12-;;/m..1../s1. The fourth-order valence-corrected chi connectivity index (χ4v) is 24.9. The number of rotatable bonds is 13. The number of aromatic hydroxyl groups is 2. The van der Waals surface area contributed by atoms with Crippen molar-refractivity contribution < 1.29 is 54.5 Å². The number of hydrogen-bond donors (Lipinski definition) is 7. The molecule has 5 fully saturated rings. The number of aliphatic imine (C=N–C) groups is 1. The molecule has 7 aromatic heterocycles. The number of fused-ring (bicyclic) bond motifs is 8. The number of ether oxygens (including phenoxy) is 1. The van der Waals surface area contributed by atoms with Crippen LogP contribution in [0.5, 0.6) is 17.2 Å². The van der Waals surface area contributed by atoms with Gasteiger partial charge in [-0.2, -0.15) is 21.9 Å². The summed E-state index contributed by atoms with van der Waals surface area (Å²) in [4.78, 5) is 23.8. The maximum atomic E-state index is 15.7. The van der Waals surface area contributed by atoms with Crippen molar-refractivity contribution in [1.29, 1.82) is 0 Å². The lowest BCUT2D eigenvalue weighted by Crippen LogP contribution is -2.54. The molecular weight excluding hydrogens is 2010 g/mol. The van der Waals surface area contributed by atoms with Crippen molar-refractivity contribution >= 4 is 223 Å². The molecule has 0 saturated carbocycles. The van der Waals surface area contributed by atoms with Crippen LogP contribution in [0.1, 0.15) is 42.5 Å². The number of phenols is 2. The maximum absolute atomic E-state index is 15.7. The number of alkyl halides is 4. The quantitative estimate of drug-likeness (QED) is 0.0531. The SMILES string of the molecule is COc1cccc(F)c1-c1nc2nsc(N3CCNCC3C)c2cc1Cl.Cc1cc(-c2nc3nsc(N4CCNCC4C)c3cc2Cl)c2ccccc2c1.Cc1ccc2c(c1-c1c(Cl)cc3c(N4CCNCC4C(F)F)snc3c1F)C=NC2.N[C@@H]1CCN(c2snc3c(F)c(-c4cc(O)cc5ccccc45)c(Cl)cc23)C1.Oc1cccc(F)c1-c1c(Cl)cc2c(N3CCNCC3C(F)F)snc2c1F. The van der Waals surface area contributed by atoms with Crippen LogP contribution in [0, 0.1) is 42.9 Å². The van der Waals surface area contributed by atoms with E-state index in [0.717, 1.165) is 158 Å². The van der Waals surface area contributed by atoms with Gasteiger partial charge in [0.25, 0.3) is 12.9 Å². The number of nitrogens with one attached hydrogen (secondary N) is 4. The number of aromatic nitrogens is 7. The smallest absolute Gasteiger partial charge is 0.259 e. The number of piperazine rings is 4. The zero-order valence-corrected chi connectivity index (χ0v) is 83.3. The highest BCUT2D eigenvalue weighted by molar-refractivity contribution is 7.13. The first-order valence-electron chi connectivity index (χ1n) is 45.0. The number of benzene rings is 10. The first-order valence-corrected chi connectivity index (χ1v) is 50.7. The molecule has 0 bridgehead atoms. The molecule has 6 aliphatic rings. The summed E-state index contributed by atoms with van der Waals surface area (Å²) < 4.78 is 156. The van der Waals surface area contributed by atoms with Gasteiger partial charge in [0, 0.05) is 160 Å². The second-order valence-corrected chi connectivity index (χ2v) is 40.5. The summed E-state index contributed by atoms with van der Waals surface area (Å²) in [5.74, 6) is -3.17. The predicted octanol–water partition coefficient (Wildman–Crippen LogP) is 24.1. The molecule has 23 rings (SSSR count). The van der Waals surface area contributed by atoms with E-state index < -0.39 is 59.8 Å². The third-order valence-electron chi connectivity index (χ3n) is 25.8. The molecule has 21 nitrogen and oxygen atoms in total. The van der Waals surface area contributed by atoms with E-state index in [1.807, 2.05) is 55.5 Å². The summed E-state index contributed by atoms with van der Waals surface area (Å²) in [5.41, 5.74) is 15.3. The van der Waals surface area contributed by atoms with Gasteiger partial charge < -0.3 is 66.5 Å². The molecule has 0 radical (unpaired) electrons. The minimum absolute atomic E-state index is 0.0642. The number of nitrogens with zero attached hydrogens (tertiary/aromatic N) is 13. The Morgan fingerprint density at radius 1 is 0.450 bits per heavy atom. The van der Waals surface area contributed by atoms with E-state index >= 15 is 13.2 Å². The fourth-order valence-electron chi connectivity index (χ4n) is 18.9. The summed E-state index contributed by atoms with van der Waals surface area (Å²) in [5, 5.41) is 45.7.